The van der Waals surface area contributed by atoms with Gasteiger partial charge in [0.1, 0.15) is 0 Å². The van der Waals surface area contributed by atoms with E-state index < -0.39 is 10.0 Å². The standard InChI is InChI=1S/C18H14NO2S/c20-22(21,18-14-8-3-9-15-18)19(16-10-4-1-5-11-16)17-12-6-2-7-13-17/h1-14H. The van der Waals surface area contributed by atoms with E-state index in [1.165, 1.54) is 4.31 Å². The second-order valence-electron chi connectivity index (χ2n) is 4.67. The molecule has 109 valence electrons. The lowest BCUT2D eigenvalue weighted by Crippen LogP contribution is -2.26. The SMILES string of the molecule is O=S(=O)(c1[c]cccc1)N(c1ccccc1)c1ccccc1. The minimum atomic E-state index is -3.73. The van der Waals surface area contributed by atoms with Gasteiger partial charge in [0.15, 0.2) is 0 Å². The molecule has 0 amide bonds. The highest BCUT2D eigenvalue weighted by Gasteiger charge is 2.26. The van der Waals surface area contributed by atoms with Crippen LogP contribution in [0.5, 0.6) is 0 Å². The highest BCUT2D eigenvalue weighted by Crippen LogP contribution is 2.31. The van der Waals surface area contributed by atoms with Gasteiger partial charge in [-0.3, -0.25) is 0 Å². The predicted molar refractivity (Wildman–Crippen MR) is 87.5 cm³/mol. The van der Waals surface area contributed by atoms with Crippen LogP contribution < -0.4 is 4.31 Å². The topological polar surface area (TPSA) is 37.4 Å². The van der Waals surface area contributed by atoms with Gasteiger partial charge in [0.2, 0.25) is 0 Å². The number of hydrogen-bond donors (Lipinski definition) is 0. The molecule has 0 aliphatic rings. The number of anilines is 2. The van der Waals surface area contributed by atoms with Crippen molar-refractivity contribution < 1.29 is 8.42 Å². The largest absolute Gasteiger partial charge is 0.269 e. The molecule has 0 unspecified atom stereocenters. The zero-order valence-electron chi connectivity index (χ0n) is 11.8. The normalized spacial score (nSPS) is 11.1. The Kier molecular flexibility index (Phi) is 3.94. The molecule has 1 radical (unpaired) electrons. The first-order chi connectivity index (χ1) is 10.7. The van der Waals surface area contributed by atoms with E-state index in [4.69, 9.17) is 0 Å². The number of benzene rings is 3. The molecule has 0 fully saturated rings. The highest BCUT2D eigenvalue weighted by atomic mass is 32.2. The molecule has 0 aliphatic heterocycles. The van der Waals surface area contributed by atoms with Crippen LogP contribution in [0, 0.1) is 6.07 Å². The van der Waals surface area contributed by atoms with Crippen molar-refractivity contribution in [2.75, 3.05) is 4.31 Å². The van der Waals surface area contributed by atoms with Crippen molar-refractivity contribution in [3.63, 3.8) is 0 Å². The molecule has 0 saturated carbocycles. The fourth-order valence-corrected chi connectivity index (χ4v) is 3.65. The van der Waals surface area contributed by atoms with Crippen LogP contribution in [0.2, 0.25) is 0 Å². The minimum absolute atomic E-state index is 0.141. The Labute approximate surface area is 130 Å². The van der Waals surface area contributed by atoms with Crippen molar-refractivity contribution in [3.8, 4) is 0 Å². The van der Waals surface area contributed by atoms with Gasteiger partial charge in [-0.15, -0.1) is 0 Å². The van der Waals surface area contributed by atoms with E-state index in [1.54, 1.807) is 48.5 Å². The van der Waals surface area contributed by atoms with E-state index in [0.29, 0.717) is 11.4 Å². The zero-order valence-corrected chi connectivity index (χ0v) is 12.6. The summed E-state index contributed by atoms with van der Waals surface area (Å²) >= 11 is 0. The lowest BCUT2D eigenvalue weighted by atomic mass is 10.3. The third kappa shape index (κ3) is 2.73. The van der Waals surface area contributed by atoms with Crippen molar-refractivity contribution >= 4 is 21.4 Å². The molecule has 4 heteroatoms. The summed E-state index contributed by atoms with van der Waals surface area (Å²) in [4.78, 5) is 0.141. The van der Waals surface area contributed by atoms with Crippen LogP contribution in [0.15, 0.2) is 89.8 Å². The summed E-state index contributed by atoms with van der Waals surface area (Å²) in [7, 11) is -3.73. The summed E-state index contributed by atoms with van der Waals surface area (Å²) in [6.07, 6.45) is 0. The number of hydrogen-bond acceptors (Lipinski definition) is 2. The molecule has 0 spiro atoms. The van der Waals surface area contributed by atoms with Crippen LogP contribution in [0.1, 0.15) is 0 Å². The van der Waals surface area contributed by atoms with Gasteiger partial charge in [-0.05, 0) is 30.3 Å². The summed E-state index contributed by atoms with van der Waals surface area (Å²) in [5, 5.41) is 0. The smallest absolute Gasteiger partial charge is 0.235 e. The molecule has 3 aromatic carbocycles. The van der Waals surface area contributed by atoms with E-state index in [0.717, 1.165) is 0 Å². The van der Waals surface area contributed by atoms with E-state index in [-0.39, 0.29) is 4.90 Å². The van der Waals surface area contributed by atoms with Gasteiger partial charge >= 0.3 is 0 Å². The molecule has 0 saturated heterocycles. The molecular formula is C18H14NO2S. The van der Waals surface area contributed by atoms with Crippen molar-refractivity contribution in [1.82, 2.24) is 0 Å². The van der Waals surface area contributed by atoms with Gasteiger partial charge in [0.05, 0.1) is 16.3 Å². The third-order valence-corrected chi connectivity index (χ3v) is 4.89. The van der Waals surface area contributed by atoms with Gasteiger partial charge in [-0.2, -0.15) is 0 Å². The lowest BCUT2D eigenvalue weighted by Gasteiger charge is -2.24. The highest BCUT2D eigenvalue weighted by molar-refractivity contribution is 7.93. The number of rotatable bonds is 4. The van der Waals surface area contributed by atoms with Gasteiger partial charge in [-0.1, -0.05) is 54.6 Å². The molecule has 0 aromatic heterocycles. The maximum Gasteiger partial charge on any atom is 0.269 e. The Morgan fingerprint density at radius 1 is 0.682 bits per heavy atom. The second-order valence-corrected chi connectivity index (χ2v) is 6.42. The van der Waals surface area contributed by atoms with Crippen molar-refractivity contribution in [2.45, 2.75) is 4.90 Å². The molecule has 0 N–H and O–H groups in total. The first-order valence-corrected chi connectivity index (χ1v) is 8.26. The summed E-state index contributed by atoms with van der Waals surface area (Å²) in [6, 6.07) is 27.4. The fraction of sp³-hybridized carbons (Fsp3) is 0. The molecule has 0 atom stereocenters. The number of sulfonamides is 1. The van der Waals surface area contributed by atoms with Gasteiger partial charge in [-0.25, -0.2) is 12.7 Å². The van der Waals surface area contributed by atoms with Crippen LogP contribution in [0.25, 0.3) is 0 Å². The fourth-order valence-electron chi connectivity index (χ4n) is 2.19. The Morgan fingerprint density at radius 3 is 1.64 bits per heavy atom. The van der Waals surface area contributed by atoms with E-state index in [2.05, 4.69) is 6.07 Å². The maximum atomic E-state index is 13.0. The first kappa shape index (κ1) is 14.4. The number of nitrogens with zero attached hydrogens (tertiary/aromatic N) is 1. The van der Waals surface area contributed by atoms with Crippen molar-refractivity contribution in [3.05, 3.63) is 91.0 Å². The molecule has 3 aromatic rings. The Morgan fingerprint density at radius 2 is 1.18 bits per heavy atom. The van der Waals surface area contributed by atoms with Gasteiger partial charge in [0.25, 0.3) is 10.0 Å². The van der Waals surface area contributed by atoms with Crippen LogP contribution >= 0.6 is 0 Å². The monoisotopic (exact) mass is 308 g/mol. The first-order valence-electron chi connectivity index (χ1n) is 6.82. The summed E-state index contributed by atoms with van der Waals surface area (Å²) in [5.74, 6) is 0. The molecular weight excluding hydrogens is 294 g/mol. The van der Waals surface area contributed by atoms with Crippen LogP contribution in [-0.2, 0) is 10.0 Å². The van der Waals surface area contributed by atoms with Crippen LogP contribution in [0.3, 0.4) is 0 Å². The number of para-hydroxylation sites is 2. The Bertz CT molecular complexity index is 793. The van der Waals surface area contributed by atoms with Crippen LogP contribution in [0.4, 0.5) is 11.4 Å². The molecule has 22 heavy (non-hydrogen) atoms. The zero-order chi connectivity index (χ0) is 15.4. The third-order valence-electron chi connectivity index (χ3n) is 3.18. The van der Waals surface area contributed by atoms with Crippen molar-refractivity contribution in [2.24, 2.45) is 0 Å². The maximum absolute atomic E-state index is 13.0. The quantitative estimate of drug-likeness (QED) is 0.730. The molecule has 0 aliphatic carbocycles. The van der Waals surface area contributed by atoms with E-state index in [9.17, 15) is 8.42 Å². The van der Waals surface area contributed by atoms with E-state index in [1.807, 2.05) is 36.4 Å². The molecule has 0 heterocycles. The summed E-state index contributed by atoms with van der Waals surface area (Å²) in [5.41, 5.74) is 1.18. The molecule has 3 rings (SSSR count). The second kappa shape index (κ2) is 6.03. The van der Waals surface area contributed by atoms with Gasteiger partial charge < -0.3 is 0 Å². The summed E-state index contributed by atoms with van der Waals surface area (Å²) in [6.45, 7) is 0. The summed E-state index contributed by atoms with van der Waals surface area (Å²) < 4.78 is 27.4. The van der Waals surface area contributed by atoms with Crippen LogP contribution in [-0.4, -0.2) is 8.42 Å². The van der Waals surface area contributed by atoms with Crippen molar-refractivity contribution in [1.29, 1.82) is 0 Å². The Hall–Kier alpha value is -2.59. The Balaban J connectivity index is 2.19. The van der Waals surface area contributed by atoms with Gasteiger partial charge in [0, 0.05) is 6.07 Å². The molecule has 3 nitrogen and oxygen atoms in total. The van der Waals surface area contributed by atoms with E-state index >= 15 is 0 Å². The molecule has 0 bridgehead atoms. The minimum Gasteiger partial charge on any atom is -0.235 e. The lowest BCUT2D eigenvalue weighted by molar-refractivity contribution is 0.596. The average molecular weight is 308 g/mol. The predicted octanol–water partition coefficient (Wildman–Crippen LogP) is 4.01. The average Bonchev–Trinajstić information content (AvgIpc) is 2.58.